The molecule has 1 heterocycles. The fourth-order valence-corrected chi connectivity index (χ4v) is 5.10. The van der Waals surface area contributed by atoms with Crippen molar-refractivity contribution in [2.75, 3.05) is 13.2 Å². The first-order valence-electron chi connectivity index (χ1n) is 12.1. The van der Waals surface area contributed by atoms with Crippen LogP contribution >= 0.6 is 0 Å². The summed E-state index contributed by atoms with van der Waals surface area (Å²) in [6, 6.07) is 12.6. The Bertz CT molecular complexity index is 1140. The van der Waals surface area contributed by atoms with Crippen LogP contribution in [0.15, 0.2) is 54.3 Å². The Hall–Kier alpha value is -2.69. The van der Waals surface area contributed by atoms with Crippen LogP contribution < -0.4 is 0 Å². The van der Waals surface area contributed by atoms with E-state index in [2.05, 4.69) is 58.9 Å². The van der Waals surface area contributed by atoms with Gasteiger partial charge in [-0.2, -0.15) is 0 Å². The quantitative estimate of drug-likeness (QED) is 0.298. The molecule has 0 aromatic heterocycles. The van der Waals surface area contributed by atoms with Gasteiger partial charge in [-0.15, -0.1) is 0 Å². The van der Waals surface area contributed by atoms with Crippen LogP contribution in [0.5, 0.6) is 0 Å². The number of fused-ring (bicyclic) bond motifs is 1. The number of carbonyl (C=O) groups excluding carboxylic acids is 1. The van der Waals surface area contributed by atoms with E-state index in [1.54, 1.807) is 0 Å². The topological polar surface area (TPSA) is 55.8 Å². The van der Waals surface area contributed by atoms with Crippen molar-refractivity contribution in [3.8, 4) is 0 Å². The van der Waals surface area contributed by atoms with E-state index in [9.17, 15) is 9.90 Å². The highest BCUT2D eigenvalue weighted by molar-refractivity contribution is 5.66. The Labute approximate surface area is 203 Å². The maximum atomic E-state index is 10.7. The number of aldehydes is 1. The number of aryl methyl sites for hydroxylation is 1. The number of aliphatic hydroxyl groups is 1. The van der Waals surface area contributed by atoms with E-state index in [0.717, 1.165) is 34.1 Å². The molecule has 4 heteroatoms. The predicted molar refractivity (Wildman–Crippen MR) is 136 cm³/mol. The van der Waals surface area contributed by atoms with Crippen LogP contribution in [0.2, 0.25) is 0 Å². The van der Waals surface area contributed by atoms with Crippen molar-refractivity contribution in [1.82, 2.24) is 0 Å². The van der Waals surface area contributed by atoms with E-state index in [4.69, 9.17) is 9.47 Å². The van der Waals surface area contributed by atoms with E-state index < -0.39 is 5.79 Å². The molecule has 180 valence electrons. The van der Waals surface area contributed by atoms with Crippen molar-refractivity contribution in [1.29, 1.82) is 0 Å². The molecule has 0 bridgehead atoms. The van der Waals surface area contributed by atoms with Gasteiger partial charge in [0.2, 0.25) is 5.79 Å². The lowest BCUT2D eigenvalue weighted by molar-refractivity contribution is -0.130. The minimum atomic E-state index is -0.962. The Morgan fingerprint density at radius 2 is 1.50 bits per heavy atom. The average molecular weight is 461 g/mol. The lowest BCUT2D eigenvalue weighted by Gasteiger charge is -2.39. The summed E-state index contributed by atoms with van der Waals surface area (Å²) in [5.74, 6) is -0.720. The van der Waals surface area contributed by atoms with Crippen molar-refractivity contribution >= 4 is 11.9 Å². The molecule has 1 saturated heterocycles. The number of hydrogen-bond donors (Lipinski definition) is 1. The van der Waals surface area contributed by atoms with Crippen LogP contribution in [-0.2, 0) is 30.9 Å². The van der Waals surface area contributed by atoms with Crippen molar-refractivity contribution in [2.45, 2.75) is 71.0 Å². The summed E-state index contributed by atoms with van der Waals surface area (Å²) in [6.45, 7) is 14.1. The first kappa shape index (κ1) is 24.4. The van der Waals surface area contributed by atoms with Gasteiger partial charge in [0.25, 0.3) is 0 Å². The van der Waals surface area contributed by atoms with Gasteiger partial charge in [-0.1, -0.05) is 70.2 Å². The molecule has 2 aromatic carbocycles. The van der Waals surface area contributed by atoms with Gasteiger partial charge in [0.05, 0.1) is 19.0 Å². The van der Waals surface area contributed by atoms with Gasteiger partial charge in [-0.05, 0) is 47.7 Å². The van der Waals surface area contributed by atoms with E-state index >= 15 is 0 Å². The van der Waals surface area contributed by atoms with E-state index in [1.165, 1.54) is 11.1 Å². The fourth-order valence-electron chi connectivity index (χ4n) is 5.10. The molecule has 0 atom stereocenters. The third kappa shape index (κ3) is 4.14. The lowest BCUT2D eigenvalue weighted by Crippen LogP contribution is -2.33. The first-order valence-corrected chi connectivity index (χ1v) is 12.1. The normalized spacial score (nSPS) is 20.5. The van der Waals surface area contributed by atoms with E-state index in [0.29, 0.717) is 26.1 Å². The molecule has 34 heavy (non-hydrogen) atoms. The van der Waals surface area contributed by atoms with Gasteiger partial charge in [0.15, 0.2) is 0 Å². The van der Waals surface area contributed by atoms with Crippen LogP contribution in [0.25, 0.3) is 5.57 Å². The minimum Gasteiger partial charge on any atom is -0.512 e. The van der Waals surface area contributed by atoms with Gasteiger partial charge in [0.1, 0.15) is 6.29 Å². The number of rotatable bonds is 6. The van der Waals surface area contributed by atoms with Crippen LogP contribution in [0.3, 0.4) is 0 Å². The summed E-state index contributed by atoms with van der Waals surface area (Å²) in [7, 11) is 0. The van der Waals surface area contributed by atoms with Crippen molar-refractivity contribution in [3.05, 3.63) is 87.7 Å². The van der Waals surface area contributed by atoms with Crippen molar-refractivity contribution in [3.63, 3.8) is 0 Å². The molecule has 4 rings (SSSR count). The Morgan fingerprint density at radius 3 is 2.06 bits per heavy atom. The maximum absolute atomic E-state index is 10.7. The highest BCUT2D eigenvalue weighted by Gasteiger charge is 2.44. The van der Waals surface area contributed by atoms with Crippen LogP contribution in [-0.4, -0.2) is 24.6 Å². The second kappa shape index (κ2) is 8.83. The molecule has 1 fully saturated rings. The monoisotopic (exact) mass is 460 g/mol. The third-order valence-electron chi connectivity index (χ3n) is 7.35. The molecule has 0 saturated carbocycles. The molecule has 0 spiro atoms. The third-order valence-corrected chi connectivity index (χ3v) is 7.35. The van der Waals surface area contributed by atoms with E-state index in [-0.39, 0.29) is 16.6 Å². The zero-order valence-electron chi connectivity index (χ0n) is 21.2. The second-order valence-electron chi connectivity index (χ2n) is 10.7. The van der Waals surface area contributed by atoms with Crippen LogP contribution in [0.1, 0.15) is 80.8 Å². The standard InChI is InChI=1S/C30H36O4/c1-20-18-25-26(29(5,6)14-13-28(25,3)4)19-24(20)30(33-16-17-34-30)23-11-9-22(10-12-23)21(2)27(32)8-7-15-31/h9-15,18-19,32H,7-8,16-17H2,1-6H3/b27-21-. The summed E-state index contributed by atoms with van der Waals surface area (Å²) < 4.78 is 12.7. The average Bonchev–Trinajstić information content (AvgIpc) is 3.31. The van der Waals surface area contributed by atoms with Gasteiger partial charge >= 0.3 is 0 Å². The molecule has 4 nitrogen and oxygen atoms in total. The SMILES string of the molecule is C/C(=C(/O)CCC=O)c1ccc(C2(c3cc4c(cc3C)C(C)(C)C=CC4(C)C)OCCO2)cc1. The maximum Gasteiger partial charge on any atom is 0.222 e. The number of carbonyl (C=O) groups is 1. The Kier molecular flexibility index (Phi) is 6.34. The molecule has 0 radical (unpaired) electrons. The lowest BCUT2D eigenvalue weighted by atomic mass is 9.66. The Morgan fingerprint density at radius 1 is 0.941 bits per heavy atom. The summed E-state index contributed by atoms with van der Waals surface area (Å²) >= 11 is 0. The molecule has 2 aromatic rings. The van der Waals surface area contributed by atoms with Gasteiger partial charge in [-0.25, -0.2) is 0 Å². The molecule has 0 amide bonds. The first-order chi connectivity index (χ1) is 16.0. The second-order valence-corrected chi connectivity index (χ2v) is 10.7. The number of allylic oxidation sites excluding steroid dienone is 4. The molecular weight excluding hydrogens is 424 g/mol. The summed E-state index contributed by atoms with van der Waals surface area (Å²) in [5, 5.41) is 10.3. The summed E-state index contributed by atoms with van der Waals surface area (Å²) in [5.41, 5.74) is 7.33. The summed E-state index contributed by atoms with van der Waals surface area (Å²) in [4.78, 5) is 10.7. The number of ether oxygens (including phenoxy) is 2. The smallest absolute Gasteiger partial charge is 0.222 e. The zero-order chi connectivity index (χ0) is 24.7. The zero-order valence-corrected chi connectivity index (χ0v) is 21.2. The van der Waals surface area contributed by atoms with Gasteiger partial charge < -0.3 is 19.4 Å². The Balaban J connectivity index is 1.80. The molecule has 1 N–H and O–H groups in total. The van der Waals surface area contributed by atoms with Crippen LogP contribution in [0.4, 0.5) is 0 Å². The highest BCUT2D eigenvalue weighted by atomic mass is 16.7. The minimum absolute atomic E-state index is 0.0317. The highest BCUT2D eigenvalue weighted by Crippen LogP contribution is 2.47. The molecule has 2 aliphatic rings. The number of aliphatic hydroxyl groups excluding tert-OH is 1. The van der Waals surface area contributed by atoms with Gasteiger partial charge in [-0.3, -0.25) is 0 Å². The number of hydrogen-bond acceptors (Lipinski definition) is 4. The van der Waals surface area contributed by atoms with E-state index in [1.807, 2.05) is 31.2 Å². The molecule has 1 aliphatic carbocycles. The predicted octanol–water partition coefficient (Wildman–Crippen LogP) is 6.64. The van der Waals surface area contributed by atoms with Crippen LogP contribution in [0, 0.1) is 6.92 Å². The molecule has 1 aliphatic heterocycles. The molecular formula is C30H36O4. The summed E-state index contributed by atoms with van der Waals surface area (Å²) in [6.07, 6.45) is 6.10. The van der Waals surface area contributed by atoms with Crippen molar-refractivity contribution in [2.24, 2.45) is 0 Å². The largest absolute Gasteiger partial charge is 0.512 e. The fraction of sp³-hybridized carbons (Fsp3) is 0.433. The van der Waals surface area contributed by atoms with Gasteiger partial charge in [0, 0.05) is 34.8 Å². The van der Waals surface area contributed by atoms with Crippen molar-refractivity contribution < 1.29 is 19.4 Å². The molecule has 0 unspecified atom stereocenters. The number of benzene rings is 2.